The fraction of sp³-hybridized carbons (Fsp3) is 1.00. The van der Waals surface area contributed by atoms with Crippen molar-refractivity contribution in [2.24, 2.45) is 11.8 Å². The van der Waals surface area contributed by atoms with Gasteiger partial charge in [-0.1, -0.05) is 46.0 Å². The Morgan fingerprint density at radius 2 is 1.53 bits per heavy atom. The molecule has 1 unspecified atom stereocenters. The van der Waals surface area contributed by atoms with Crippen molar-refractivity contribution in [1.82, 2.24) is 0 Å². The molecule has 0 radical (unpaired) electrons. The van der Waals surface area contributed by atoms with Gasteiger partial charge in [0.25, 0.3) is 0 Å². The summed E-state index contributed by atoms with van der Waals surface area (Å²) in [6, 6.07) is 0. The molecule has 1 saturated carbocycles. The monoisotopic (exact) mass is 254 g/mol. The van der Waals surface area contributed by atoms with Gasteiger partial charge in [0.05, 0.1) is 0 Å². The highest BCUT2D eigenvalue weighted by atomic mass is 19.3. The number of halogens is 4. The summed E-state index contributed by atoms with van der Waals surface area (Å²) in [5, 5.41) is 0. The van der Waals surface area contributed by atoms with E-state index in [-0.39, 0.29) is 5.92 Å². The number of hydrogen-bond acceptors (Lipinski definition) is 0. The molecule has 0 aliphatic heterocycles. The van der Waals surface area contributed by atoms with E-state index in [9.17, 15) is 17.6 Å². The summed E-state index contributed by atoms with van der Waals surface area (Å²) in [5.74, 6) is -8.14. The summed E-state index contributed by atoms with van der Waals surface area (Å²) in [5.41, 5.74) is 0. The zero-order valence-electron chi connectivity index (χ0n) is 10.6. The molecule has 0 N–H and O–H groups in total. The smallest absolute Gasteiger partial charge is 0.200 e. The lowest BCUT2D eigenvalue weighted by Gasteiger charge is -2.18. The molecule has 0 amide bonds. The highest BCUT2D eigenvalue weighted by molar-refractivity contribution is 4.97. The first-order valence-electron chi connectivity index (χ1n) is 6.56. The number of rotatable bonds is 6. The highest BCUT2D eigenvalue weighted by Crippen LogP contribution is 2.52. The average molecular weight is 254 g/mol. The molecule has 0 nitrogen and oxygen atoms in total. The van der Waals surface area contributed by atoms with Crippen molar-refractivity contribution >= 4 is 0 Å². The van der Waals surface area contributed by atoms with Crippen LogP contribution in [0.1, 0.15) is 58.8 Å². The van der Waals surface area contributed by atoms with Gasteiger partial charge in [-0.2, -0.15) is 17.6 Å². The molecule has 1 aliphatic carbocycles. The minimum Gasteiger partial charge on any atom is -0.200 e. The van der Waals surface area contributed by atoms with E-state index < -0.39 is 30.6 Å². The van der Waals surface area contributed by atoms with Crippen LogP contribution in [0.3, 0.4) is 0 Å². The van der Waals surface area contributed by atoms with E-state index in [1.807, 2.05) is 6.92 Å². The van der Waals surface area contributed by atoms with E-state index in [1.54, 1.807) is 0 Å². The Morgan fingerprint density at radius 3 is 2.00 bits per heavy atom. The molecule has 0 aromatic rings. The van der Waals surface area contributed by atoms with Crippen LogP contribution in [0.2, 0.25) is 0 Å². The standard InChI is InChI=1S/C13H22F4/c1-3-4-5-6-7-10(2)11-8-12(14,15)13(16,17)9-11/h10-11H,3-9H2,1-2H3. The Bertz CT molecular complexity index is 222. The molecular formula is C13H22F4. The maximum absolute atomic E-state index is 13.0. The van der Waals surface area contributed by atoms with Crippen molar-refractivity contribution in [2.75, 3.05) is 0 Å². The Hall–Kier alpha value is -0.280. The van der Waals surface area contributed by atoms with Gasteiger partial charge in [-0.15, -0.1) is 0 Å². The zero-order valence-corrected chi connectivity index (χ0v) is 10.6. The van der Waals surface area contributed by atoms with Crippen LogP contribution < -0.4 is 0 Å². The van der Waals surface area contributed by atoms with Crippen molar-refractivity contribution < 1.29 is 17.6 Å². The molecule has 0 bridgehead atoms. The summed E-state index contributed by atoms with van der Waals surface area (Å²) in [4.78, 5) is 0. The van der Waals surface area contributed by atoms with Gasteiger partial charge in [0.2, 0.25) is 0 Å². The van der Waals surface area contributed by atoms with Crippen LogP contribution in [0.15, 0.2) is 0 Å². The molecule has 0 heterocycles. The fourth-order valence-electron chi connectivity index (χ4n) is 2.56. The largest absolute Gasteiger partial charge is 0.310 e. The molecule has 4 heteroatoms. The van der Waals surface area contributed by atoms with Crippen molar-refractivity contribution in [1.29, 1.82) is 0 Å². The van der Waals surface area contributed by atoms with Gasteiger partial charge in [0.15, 0.2) is 0 Å². The third kappa shape index (κ3) is 3.59. The molecule has 0 aromatic carbocycles. The molecule has 1 atom stereocenters. The van der Waals surface area contributed by atoms with Crippen LogP contribution in [-0.2, 0) is 0 Å². The molecule has 1 aliphatic rings. The Labute approximate surface area is 101 Å². The molecular weight excluding hydrogens is 232 g/mol. The maximum Gasteiger partial charge on any atom is 0.310 e. The van der Waals surface area contributed by atoms with Crippen molar-refractivity contribution in [3.8, 4) is 0 Å². The molecule has 102 valence electrons. The number of unbranched alkanes of at least 4 members (excludes halogenated alkanes) is 3. The Balaban J connectivity index is 2.37. The Morgan fingerprint density at radius 1 is 1.00 bits per heavy atom. The lowest BCUT2D eigenvalue weighted by atomic mass is 9.88. The van der Waals surface area contributed by atoms with E-state index in [0.717, 1.165) is 32.1 Å². The van der Waals surface area contributed by atoms with E-state index >= 15 is 0 Å². The predicted octanol–water partition coefficient (Wildman–Crippen LogP) is 5.27. The summed E-state index contributed by atoms with van der Waals surface area (Å²) < 4.78 is 52.1. The van der Waals surface area contributed by atoms with Crippen LogP contribution in [-0.4, -0.2) is 11.8 Å². The van der Waals surface area contributed by atoms with E-state index in [4.69, 9.17) is 0 Å². The van der Waals surface area contributed by atoms with Gasteiger partial charge in [-0.3, -0.25) is 0 Å². The second kappa shape index (κ2) is 5.57. The molecule has 0 aromatic heterocycles. The van der Waals surface area contributed by atoms with Gasteiger partial charge < -0.3 is 0 Å². The first-order chi connectivity index (χ1) is 7.80. The van der Waals surface area contributed by atoms with Gasteiger partial charge >= 0.3 is 11.8 Å². The molecule has 17 heavy (non-hydrogen) atoms. The minimum absolute atomic E-state index is 0.0221. The second-order valence-electron chi connectivity index (χ2n) is 5.40. The summed E-state index contributed by atoms with van der Waals surface area (Å²) in [6.45, 7) is 3.93. The van der Waals surface area contributed by atoms with Gasteiger partial charge in [0.1, 0.15) is 0 Å². The van der Waals surface area contributed by atoms with Crippen LogP contribution in [0.25, 0.3) is 0 Å². The fourth-order valence-corrected chi connectivity index (χ4v) is 2.56. The quantitative estimate of drug-likeness (QED) is 0.447. The van der Waals surface area contributed by atoms with Gasteiger partial charge in [-0.25, -0.2) is 0 Å². The number of hydrogen-bond donors (Lipinski definition) is 0. The summed E-state index contributed by atoms with van der Waals surface area (Å²) >= 11 is 0. The number of alkyl halides is 4. The van der Waals surface area contributed by atoms with E-state index in [2.05, 4.69) is 6.92 Å². The van der Waals surface area contributed by atoms with Crippen LogP contribution in [0.4, 0.5) is 17.6 Å². The third-order valence-corrected chi connectivity index (χ3v) is 3.89. The second-order valence-corrected chi connectivity index (χ2v) is 5.40. The van der Waals surface area contributed by atoms with Crippen molar-refractivity contribution in [3.05, 3.63) is 0 Å². The summed E-state index contributed by atoms with van der Waals surface area (Å²) in [6.07, 6.45) is 3.78. The lowest BCUT2D eigenvalue weighted by molar-refractivity contribution is -0.185. The molecule has 0 saturated heterocycles. The van der Waals surface area contributed by atoms with Gasteiger partial charge in [0, 0.05) is 12.8 Å². The van der Waals surface area contributed by atoms with Crippen LogP contribution in [0.5, 0.6) is 0 Å². The first-order valence-corrected chi connectivity index (χ1v) is 6.56. The molecule has 1 fully saturated rings. The summed E-state index contributed by atoms with van der Waals surface area (Å²) in [7, 11) is 0. The zero-order chi connectivity index (χ0) is 13.1. The first kappa shape index (κ1) is 14.8. The predicted molar refractivity (Wildman–Crippen MR) is 60.5 cm³/mol. The third-order valence-electron chi connectivity index (χ3n) is 3.89. The minimum atomic E-state index is -3.80. The molecule has 0 spiro atoms. The van der Waals surface area contributed by atoms with Crippen molar-refractivity contribution in [3.63, 3.8) is 0 Å². The van der Waals surface area contributed by atoms with E-state index in [1.165, 1.54) is 0 Å². The Kier molecular flexibility index (Phi) is 4.85. The van der Waals surface area contributed by atoms with Crippen LogP contribution in [0, 0.1) is 11.8 Å². The lowest BCUT2D eigenvalue weighted by Crippen LogP contribution is -2.33. The SMILES string of the molecule is CCCCCCC(C)C1CC(F)(F)C(F)(F)C1. The van der Waals surface area contributed by atoms with E-state index in [0.29, 0.717) is 0 Å². The maximum atomic E-state index is 13.0. The highest BCUT2D eigenvalue weighted by Gasteiger charge is 2.63. The van der Waals surface area contributed by atoms with Crippen molar-refractivity contribution in [2.45, 2.75) is 70.6 Å². The average Bonchev–Trinajstić information content (AvgIpc) is 2.43. The van der Waals surface area contributed by atoms with Gasteiger partial charge in [-0.05, 0) is 11.8 Å². The molecule has 1 rings (SSSR count). The van der Waals surface area contributed by atoms with Crippen LogP contribution >= 0.6 is 0 Å². The normalized spacial score (nSPS) is 25.1. The topological polar surface area (TPSA) is 0 Å².